The molecule has 1 aromatic rings. The molecule has 0 unspecified atom stereocenters. The van der Waals surface area contributed by atoms with Crippen molar-refractivity contribution in [2.24, 2.45) is 11.1 Å². The van der Waals surface area contributed by atoms with Crippen molar-refractivity contribution < 1.29 is 4.79 Å². The Morgan fingerprint density at radius 3 is 2.50 bits per heavy atom. The zero-order chi connectivity index (χ0) is 13.0. The Hall–Kier alpha value is -1.00. The number of nitrogens with one attached hydrogen (secondary N) is 1. The number of carbonyl (C=O) groups excluding carboxylic acids is 1. The van der Waals surface area contributed by atoms with Gasteiger partial charge in [-0.3, -0.25) is 4.79 Å². The van der Waals surface area contributed by atoms with Crippen molar-refractivity contribution in [1.29, 1.82) is 0 Å². The van der Waals surface area contributed by atoms with E-state index in [2.05, 4.69) is 12.2 Å². The van der Waals surface area contributed by atoms with Crippen LogP contribution >= 0.6 is 11.8 Å². The van der Waals surface area contributed by atoms with Crippen LogP contribution in [-0.4, -0.2) is 18.2 Å². The minimum absolute atomic E-state index is 0.0761. The summed E-state index contributed by atoms with van der Waals surface area (Å²) in [5.74, 6) is 1.13. The van der Waals surface area contributed by atoms with Crippen LogP contribution in [0.2, 0.25) is 0 Å². The monoisotopic (exact) mass is 264 g/mol. The fourth-order valence-electron chi connectivity index (χ4n) is 2.19. The molecular weight excluding hydrogens is 244 g/mol. The molecule has 18 heavy (non-hydrogen) atoms. The SMILES string of the molecule is CCSc1ccc(NC(=O)C2(CN)CCC2)cc1. The van der Waals surface area contributed by atoms with Gasteiger partial charge in [0.05, 0.1) is 5.41 Å². The van der Waals surface area contributed by atoms with Crippen LogP contribution in [0, 0.1) is 5.41 Å². The van der Waals surface area contributed by atoms with E-state index in [1.807, 2.05) is 24.3 Å². The Morgan fingerprint density at radius 2 is 2.06 bits per heavy atom. The van der Waals surface area contributed by atoms with E-state index in [1.54, 1.807) is 11.8 Å². The molecule has 1 aromatic carbocycles. The van der Waals surface area contributed by atoms with Gasteiger partial charge in [-0.2, -0.15) is 0 Å². The number of anilines is 1. The molecule has 0 heterocycles. The normalized spacial score (nSPS) is 17.0. The Bertz CT molecular complexity index is 407. The summed E-state index contributed by atoms with van der Waals surface area (Å²) in [4.78, 5) is 13.4. The smallest absolute Gasteiger partial charge is 0.231 e. The van der Waals surface area contributed by atoms with Gasteiger partial charge in [0.15, 0.2) is 0 Å². The third kappa shape index (κ3) is 2.70. The minimum atomic E-state index is -0.309. The van der Waals surface area contributed by atoms with Crippen LogP contribution in [0.5, 0.6) is 0 Å². The van der Waals surface area contributed by atoms with Gasteiger partial charge in [0, 0.05) is 17.1 Å². The van der Waals surface area contributed by atoms with Crippen molar-refractivity contribution in [2.75, 3.05) is 17.6 Å². The zero-order valence-electron chi connectivity index (χ0n) is 10.7. The summed E-state index contributed by atoms with van der Waals surface area (Å²) >= 11 is 1.80. The van der Waals surface area contributed by atoms with Gasteiger partial charge < -0.3 is 11.1 Å². The highest BCUT2D eigenvalue weighted by atomic mass is 32.2. The second-order valence-corrected chi connectivity index (χ2v) is 6.09. The van der Waals surface area contributed by atoms with Gasteiger partial charge in [-0.25, -0.2) is 0 Å². The van der Waals surface area contributed by atoms with E-state index in [0.29, 0.717) is 6.54 Å². The van der Waals surface area contributed by atoms with Gasteiger partial charge >= 0.3 is 0 Å². The molecule has 3 N–H and O–H groups in total. The molecule has 0 radical (unpaired) electrons. The highest BCUT2D eigenvalue weighted by Crippen LogP contribution is 2.40. The molecule has 1 aliphatic carbocycles. The quantitative estimate of drug-likeness (QED) is 0.804. The van der Waals surface area contributed by atoms with Crippen molar-refractivity contribution in [1.82, 2.24) is 0 Å². The van der Waals surface area contributed by atoms with Crippen LogP contribution in [0.4, 0.5) is 5.69 Å². The molecule has 0 spiro atoms. The van der Waals surface area contributed by atoms with Crippen molar-refractivity contribution >= 4 is 23.4 Å². The van der Waals surface area contributed by atoms with E-state index in [0.717, 1.165) is 30.7 Å². The number of hydrogen-bond acceptors (Lipinski definition) is 3. The maximum Gasteiger partial charge on any atom is 0.231 e. The predicted octanol–water partition coefficient (Wildman–Crippen LogP) is 2.87. The summed E-state index contributed by atoms with van der Waals surface area (Å²) in [5.41, 5.74) is 6.28. The van der Waals surface area contributed by atoms with Crippen LogP contribution in [0.1, 0.15) is 26.2 Å². The zero-order valence-corrected chi connectivity index (χ0v) is 11.6. The van der Waals surface area contributed by atoms with Gasteiger partial charge in [-0.15, -0.1) is 11.8 Å². The molecule has 2 rings (SSSR count). The topological polar surface area (TPSA) is 55.1 Å². The van der Waals surface area contributed by atoms with Crippen LogP contribution in [0.15, 0.2) is 29.2 Å². The van der Waals surface area contributed by atoms with E-state index in [9.17, 15) is 4.79 Å². The first kappa shape index (κ1) is 13.4. The van der Waals surface area contributed by atoms with E-state index in [-0.39, 0.29) is 11.3 Å². The number of benzene rings is 1. The summed E-state index contributed by atoms with van der Waals surface area (Å²) in [7, 11) is 0. The molecule has 0 aliphatic heterocycles. The minimum Gasteiger partial charge on any atom is -0.329 e. The summed E-state index contributed by atoms with van der Waals surface area (Å²) in [6, 6.07) is 8.00. The molecule has 0 bridgehead atoms. The standard InChI is InChI=1S/C14H20N2OS/c1-2-18-12-6-4-11(5-7-12)16-13(17)14(10-15)8-3-9-14/h4-7H,2-3,8-10,15H2,1H3,(H,16,17). The predicted molar refractivity (Wildman–Crippen MR) is 76.8 cm³/mol. The summed E-state index contributed by atoms with van der Waals surface area (Å²) in [6.45, 7) is 2.57. The van der Waals surface area contributed by atoms with Crippen LogP contribution < -0.4 is 11.1 Å². The van der Waals surface area contributed by atoms with Crippen molar-refractivity contribution in [3.05, 3.63) is 24.3 Å². The van der Waals surface area contributed by atoms with E-state index in [4.69, 9.17) is 5.73 Å². The fraction of sp³-hybridized carbons (Fsp3) is 0.500. The Labute approximate surface area is 113 Å². The average Bonchev–Trinajstić information content (AvgIpc) is 2.31. The van der Waals surface area contributed by atoms with Gasteiger partial charge in [0.25, 0.3) is 0 Å². The second kappa shape index (κ2) is 5.76. The van der Waals surface area contributed by atoms with Crippen LogP contribution in [-0.2, 0) is 4.79 Å². The highest BCUT2D eigenvalue weighted by Gasteiger charge is 2.42. The third-order valence-corrected chi connectivity index (χ3v) is 4.50. The average molecular weight is 264 g/mol. The van der Waals surface area contributed by atoms with E-state index >= 15 is 0 Å². The number of amides is 1. The first-order valence-electron chi connectivity index (χ1n) is 6.44. The van der Waals surface area contributed by atoms with Crippen LogP contribution in [0.3, 0.4) is 0 Å². The molecule has 0 saturated heterocycles. The first-order valence-corrected chi connectivity index (χ1v) is 7.43. The lowest BCUT2D eigenvalue weighted by atomic mass is 9.68. The number of thioether (sulfide) groups is 1. The lowest BCUT2D eigenvalue weighted by molar-refractivity contribution is -0.129. The van der Waals surface area contributed by atoms with Gasteiger partial charge in [0.2, 0.25) is 5.91 Å². The molecule has 1 fully saturated rings. The number of carbonyl (C=O) groups is 1. The van der Waals surface area contributed by atoms with E-state index < -0.39 is 0 Å². The molecule has 1 aliphatic rings. The Kier molecular flexibility index (Phi) is 4.30. The van der Waals surface area contributed by atoms with Gasteiger partial charge in [0.1, 0.15) is 0 Å². The number of hydrogen-bond donors (Lipinski definition) is 2. The summed E-state index contributed by atoms with van der Waals surface area (Å²) in [6.07, 6.45) is 2.94. The molecule has 1 amide bonds. The van der Waals surface area contributed by atoms with E-state index in [1.165, 1.54) is 4.90 Å². The largest absolute Gasteiger partial charge is 0.329 e. The Morgan fingerprint density at radius 1 is 1.39 bits per heavy atom. The fourth-order valence-corrected chi connectivity index (χ4v) is 2.85. The first-order chi connectivity index (χ1) is 8.70. The second-order valence-electron chi connectivity index (χ2n) is 4.75. The van der Waals surface area contributed by atoms with Gasteiger partial charge in [-0.05, 0) is 42.9 Å². The van der Waals surface area contributed by atoms with Crippen molar-refractivity contribution in [3.8, 4) is 0 Å². The van der Waals surface area contributed by atoms with Crippen LogP contribution in [0.25, 0.3) is 0 Å². The highest BCUT2D eigenvalue weighted by molar-refractivity contribution is 7.99. The molecule has 0 aromatic heterocycles. The lowest BCUT2D eigenvalue weighted by Crippen LogP contribution is -2.47. The molecule has 4 heteroatoms. The molecule has 0 atom stereocenters. The van der Waals surface area contributed by atoms with Crippen molar-refractivity contribution in [3.63, 3.8) is 0 Å². The molecule has 1 saturated carbocycles. The maximum atomic E-state index is 12.2. The van der Waals surface area contributed by atoms with Crippen molar-refractivity contribution in [2.45, 2.75) is 31.1 Å². The Balaban J connectivity index is 1.98. The maximum absolute atomic E-state index is 12.2. The summed E-state index contributed by atoms with van der Waals surface area (Å²) < 4.78 is 0. The third-order valence-electron chi connectivity index (χ3n) is 3.61. The van der Waals surface area contributed by atoms with Gasteiger partial charge in [-0.1, -0.05) is 13.3 Å². The molecule has 3 nitrogen and oxygen atoms in total. The molecular formula is C14H20N2OS. The number of rotatable bonds is 5. The molecule has 98 valence electrons. The summed E-state index contributed by atoms with van der Waals surface area (Å²) in [5, 5.41) is 2.98. The number of nitrogens with two attached hydrogens (primary N) is 1. The lowest BCUT2D eigenvalue weighted by Gasteiger charge is -2.39.